The summed E-state index contributed by atoms with van der Waals surface area (Å²) in [6.07, 6.45) is 1.82. The smallest absolute Gasteiger partial charge is 0.128 e. The Morgan fingerprint density at radius 2 is 1.52 bits per heavy atom. The van der Waals surface area contributed by atoms with Crippen LogP contribution in [0.15, 0.2) is 47.5 Å². The molecule has 0 amide bonds. The molecule has 0 aliphatic rings. The van der Waals surface area contributed by atoms with Crippen molar-refractivity contribution < 1.29 is 5.11 Å². The predicted octanol–water partition coefficient (Wildman–Crippen LogP) is 6.17. The van der Waals surface area contributed by atoms with E-state index in [0.29, 0.717) is 5.75 Å². The molecule has 0 aromatic heterocycles. The van der Waals surface area contributed by atoms with Crippen LogP contribution in [-0.2, 0) is 10.8 Å². The third-order valence-corrected chi connectivity index (χ3v) is 4.53. The summed E-state index contributed by atoms with van der Waals surface area (Å²) in [7, 11) is 0. The lowest BCUT2D eigenvalue weighted by molar-refractivity contribution is 0.444. The summed E-state index contributed by atoms with van der Waals surface area (Å²) < 4.78 is 0. The van der Waals surface area contributed by atoms with Crippen molar-refractivity contribution in [1.29, 1.82) is 0 Å². The summed E-state index contributed by atoms with van der Waals surface area (Å²) in [6, 6.07) is 14.5. The van der Waals surface area contributed by atoms with Crippen molar-refractivity contribution in [3.8, 4) is 5.75 Å². The first-order chi connectivity index (χ1) is 11.5. The van der Waals surface area contributed by atoms with Gasteiger partial charge in [-0.1, -0.05) is 77.9 Å². The van der Waals surface area contributed by atoms with Gasteiger partial charge in [-0.2, -0.15) is 0 Å². The SMILES string of the molecule is CC(/N=C/c1cc(C(C)(C)C)cc(C(C)(C)C)c1O)c1ccccc1. The van der Waals surface area contributed by atoms with Gasteiger partial charge in [0.05, 0.1) is 6.04 Å². The Bertz CT molecular complexity index is 746. The molecule has 134 valence electrons. The van der Waals surface area contributed by atoms with Gasteiger partial charge in [0, 0.05) is 17.3 Å². The highest BCUT2D eigenvalue weighted by Gasteiger charge is 2.24. The Balaban J connectivity index is 2.48. The van der Waals surface area contributed by atoms with Crippen molar-refractivity contribution in [2.24, 2.45) is 4.99 Å². The van der Waals surface area contributed by atoms with E-state index in [4.69, 9.17) is 0 Å². The lowest BCUT2D eigenvalue weighted by atomic mass is 9.79. The van der Waals surface area contributed by atoms with Crippen LogP contribution in [0.2, 0.25) is 0 Å². The molecule has 2 aromatic carbocycles. The summed E-state index contributed by atoms with van der Waals surface area (Å²) in [6.45, 7) is 15.0. The average Bonchev–Trinajstić information content (AvgIpc) is 2.52. The Hall–Kier alpha value is -2.09. The first kappa shape index (κ1) is 19.2. The molecular weight excluding hydrogens is 306 g/mol. The molecule has 2 nitrogen and oxygen atoms in total. The maximum atomic E-state index is 10.8. The van der Waals surface area contributed by atoms with E-state index >= 15 is 0 Å². The number of nitrogens with zero attached hydrogens (tertiary/aromatic N) is 1. The minimum absolute atomic E-state index is 0.0152. The molecule has 1 unspecified atom stereocenters. The van der Waals surface area contributed by atoms with Crippen LogP contribution in [0, 0.1) is 0 Å². The largest absolute Gasteiger partial charge is 0.507 e. The second-order valence-electron chi connectivity index (χ2n) is 8.83. The highest BCUT2D eigenvalue weighted by molar-refractivity contribution is 5.85. The summed E-state index contributed by atoms with van der Waals surface area (Å²) in [4.78, 5) is 4.69. The molecular formula is C23H31NO. The Labute approximate surface area is 152 Å². The molecule has 0 aliphatic heterocycles. The summed E-state index contributed by atoms with van der Waals surface area (Å²) in [5.41, 5.74) is 4.03. The van der Waals surface area contributed by atoms with Gasteiger partial charge < -0.3 is 5.11 Å². The highest BCUT2D eigenvalue weighted by atomic mass is 16.3. The van der Waals surface area contributed by atoms with Gasteiger partial charge in [-0.15, -0.1) is 0 Å². The third kappa shape index (κ3) is 4.72. The quantitative estimate of drug-likeness (QED) is 0.668. The van der Waals surface area contributed by atoms with E-state index in [0.717, 1.165) is 11.1 Å². The van der Waals surface area contributed by atoms with Gasteiger partial charge in [-0.25, -0.2) is 0 Å². The van der Waals surface area contributed by atoms with Crippen LogP contribution < -0.4 is 0 Å². The number of phenols is 1. The summed E-state index contributed by atoms with van der Waals surface area (Å²) >= 11 is 0. The van der Waals surface area contributed by atoms with Gasteiger partial charge in [-0.05, 0) is 34.9 Å². The third-order valence-electron chi connectivity index (χ3n) is 4.53. The van der Waals surface area contributed by atoms with Gasteiger partial charge in [-0.3, -0.25) is 4.99 Å². The molecule has 1 atom stereocenters. The van der Waals surface area contributed by atoms with Gasteiger partial charge in [0.2, 0.25) is 0 Å². The number of benzene rings is 2. The molecule has 2 heteroatoms. The Kier molecular flexibility index (Phi) is 5.41. The minimum atomic E-state index is -0.126. The van der Waals surface area contributed by atoms with E-state index in [2.05, 4.69) is 77.7 Å². The van der Waals surface area contributed by atoms with E-state index in [1.807, 2.05) is 24.4 Å². The topological polar surface area (TPSA) is 32.6 Å². The van der Waals surface area contributed by atoms with Crippen LogP contribution in [-0.4, -0.2) is 11.3 Å². The zero-order valence-electron chi connectivity index (χ0n) is 16.6. The van der Waals surface area contributed by atoms with Crippen LogP contribution >= 0.6 is 0 Å². The molecule has 0 aliphatic carbocycles. The van der Waals surface area contributed by atoms with Crippen molar-refractivity contribution in [3.05, 3.63) is 64.7 Å². The van der Waals surface area contributed by atoms with Crippen LogP contribution in [0.4, 0.5) is 0 Å². The lowest BCUT2D eigenvalue weighted by Gasteiger charge is -2.27. The molecule has 0 saturated carbocycles. The number of hydrogen-bond acceptors (Lipinski definition) is 2. The summed E-state index contributed by atoms with van der Waals surface area (Å²) in [5, 5.41) is 10.8. The van der Waals surface area contributed by atoms with Crippen molar-refractivity contribution in [2.75, 3.05) is 0 Å². The second kappa shape index (κ2) is 7.03. The summed E-state index contributed by atoms with van der Waals surface area (Å²) in [5.74, 6) is 0.338. The number of hydrogen-bond donors (Lipinski definition) is 1. The van der Waals surface area contributed by atoms with E-state index in [-0.39, 0.29) is 16.9 Å². The molecule has 0 radical (unpaired) electrons. The van der Waals surface area contributed by atoms with Crippen LogP contribution in [0.3, 0.4) is 0 Å². The molecule has 0 bridgehead atoms. The van der Waals surface area contributed by atoms with Gasteiger partial charge in [0.15, 0.2) is 0 Å². The predicted molar refractivity (Wildman–Crippen MR) is 108 cm³/mol. The van der Waals surface area contributed by atoms with Crippen molar-refractivity contribution in [1.82, 2.24) is 0 Å². The Morgan fingerprint density at radius 1 is 0.920 bits per heavy atom. The van der Waals surface area contributed by atoms with E-state index < -0.39 is 0 Å². The van der Waals surface area contributed by atoms with Crippen LogP contribution in [0.25, 0.3) is 0 Å². The molecule has 0 heterocycles. The molecule has 0 fully saturated rings. The molecule has 1 N–H and O–H groups in total. The van der Waals surface area contributed by atoms with Gasteiger partial charge >= 0.3 is 0 Å². The average molecular weight is 338 g/mol. The van der Waals surface area contributed by atoms with E-state index in [9.17, 15) is 5.11 Å². The normalized spacial score (nSPS) is 14.0. The van der Waals surface area contributed by atoms with Gasteiger partial charge in [0.25, 0.3) is 0 Å². The minimum Gasteiger partial charge on any atom is -0.507 e. The number of phenolic OH excluding ortho intramolecular Hbond substituents is 1. The molecule has 2 aromatic rings. The molecule has 0 spiro atoms. The molecule has 0 saturated heterocycles. The Morgan fingerprint density at radius 3 is 2.04 bits per heavy atom. The van der Waals surface area contributed by atoms with Crippen molar-refractivity contribution in [2.45, 2.75) is 65.3 Å². The number of aromatic hydroxyl groups is 1. The fourth-order valence-electron chi connectivity index (χ4n) is 2.77. The standard InChI is InChI=1S/C23H31NO/c1-16(17-11-9-8-10-12-17)24-15-18-13-19(22(2,3)4)14-20(21(18)25)23(5,6)7/h8-16,25H,1-7H3/b24-15+. The fraction of sp³-hybridized carbons (Fsp3) is 0.435. The van der Waals surface area contributed by atoms with Crippen LogP contribution in [0.1, 0.15) is 76.8 Å². The van der Waals surface area contributed by atoms with Crippen molar-refractivity contribution in [3.63, 3.8) is 0 Å². The number of aliphatic imine (C=N–C) groups is 1. The molecule has 25 heavy (non-hydrogen) atoms. The second-order valence-corrected chi connectivity index (χ2v) is 8.83. The highest BCUT2D eigenvalue weighted by Crippen LogP contribution is 2.37. The monoisotopic (exact) mass is 337 g/mol. The lowest BCUT2D eigenvalue weighted by Crippen LogP contribution is -2.17. The fourth-order valence-corrected chi connectivity index (χ4v) is 2.77. The molecule has 2 rings (SSSR count). The van der Waals surface area contributed by atoms with E-state index in [1.54, 1.807) is 0 Å². The van der Waals surface area contributed by atoms with E-state index in [1.165, 1.54) is 11.1 Å². The van der Waals surface area contributed by atoms with Gasteiger partial charge in [0.1, 0.15) is 5.75 Å². The zero-order valence-corrected chi connectivity index (χ0v) is 16.6. The van der Waals surface area contributed by atoms with Crippen molar-refractivity contribution >= 4 is 6.21 Å². The first-order valence-electron chi connectivity index (χ1n) is 8.96. The maximum Gasteiger partial charge on any atom is 0.128 e. The number of rotatable bonds is 3. The maximum absolute atomic E-state index is 10.8. The first-order valence-corrected chi connectivity index (χ1v) is 8.96. The van der Waals surface area contributed by atoms with Crippen LogP contribution in [0.5, 0.6) is 5.75 Å². The zero-order chi connectivity index (χ0) is 18.8.